The summed E-state index contributed by atoms with van der Waals surface area (Å²) in [5, 5.41) is 3.10. The number of nitrogens with one attached hydrogen (secondary N) is 1. The molecule has 5 nitrogen and oxygen atoms in total. The van der Waals surface area contributed by atoms with Gasteiger partial charge in [0.1, 0.15) is 18.2 Å². The number of esters is 1. The molecular weight excluding hydrogens is 302 g/mol. The summed E-state index contributed by atoms with van der Waals surface area (Å²) in [6.45, 7) is 9.23. The van der Waals surface area contributed by atoms with Crippen molar-refractivity contribution in [2.45, 2.75) is 46.3 Å². The number of rotatable bonds is 5. The number of ether oxygens (including phenoxy) is 2. The Bertz CT molecular complexity index is 286. The molecule has 0 aliphatic heterocycles. The topological polar surface area (TPSA) is 64.6 Å². The van der Waals surface area contributed by atoms with E-state index < -0.39 is 23.7 Å². The van der Waals surface area contributed by atoms with Crippen molar-refractivity contribution in [1.82, 2.24) is 5.32 Å². The highest BCUT2D eigenvalue weighted by molar-refractivity contribution is 9.09. The van der Waals surface area contributed by atoms with Crippen molar-refractivity contribution in [3.05, 3.63) is 0 Å². The van der Waals surface area contributed by atoms with E-state index in [1.807, 2.05) is 13.8 Å². The van der Waals surface area contributed by atoms with Crippen LogP contribution in [0.3, 0.4) is 0 Å². The van der Waals surface area contributed by atoms with E-state index in [9.17, 15) is 9.59 Å². The largest absolute Gasteiger partial charge is 0.463 e. The number of carbonyl (C=O) groups is 2. The van der Waals surface area contributed by atoms with Crippen LogP contribution in [0, 0.1) is 5.92 Å². The molecule has 18 heavy (non-hydrogen) atoms. The Hall–Kier alpha value is -0.780. The van der Waals surface area contributed by atoms with Gasteiger partial charge in [0.2, 0.25) is 0 Å². The minimum atomic E-state index is -0.695. The third-order valence-electron chi connectivity index (χ3n) is 1.91. The predicted octanol–water partition coefficient (Wildman–Crippen LogP) is 2.47. The van der Waals surface area contributed by atoms with Gasteiger partial charge in [-0.15, -0.1) is 0 Å². The summed E-state index contributed by atoms with van der Waals surface area (Å²) < 4.78 is 10.1. The first-order valence-corrected chi connectivity index (χ1v) is 7.01. The molecule has 1 amide bonds. The highest BCUT2D eigenvalue weighted by Crippen LogP contribution is 2.09. The second kappa shape index (κ2) is 7.61. The predicted molar refractivity (Wildman–Crippen MR) is 72.7 cm³/mol. The average Bonchev–Trinajstić information content (AvgIpc) is 2.19. The summed E-state index contributed by atoms with van der Waals surface area (Å²) in [4.78, 5) is 23.3. The van der Waals surface area contributed by atoms with Gasteiger partial charge in [0.25, 0.3) is 0 Å². The van der Waals surface area contributed by atoms with E-state index in [1.165, 1.54) is 0 Å². The molecule has 1 atom stereocenters. The molecule has 1 unspecified atom stereocenters. The quantitative estimate of drug-likeness (QED) is 0.623. The number of amides is 1. The van der Waals surface area contributed by atoms with Gasteiger partial charge in [-0.1, -0.05) is 29.8 Å². The van der Waals surface area contributed by atoms with Gasteiger partial charge in [-0.2, -0.15) is 0 Å². The second-order valence-corrected chi connectivity index (χ2v) is 6.02. The lowest BCUT2D eigenvalue weighted by Crippen LogP contribution is -2.47. The first-order chi connectivity index (χ1) is 8.17. The van der Waals surface area contributed by atoms with E-state index in [4.69, 9.17) is 9.47 Å². The van der Waals surface area contributed by atoms with Gasteiger partial charge in [0.15, 0.2) is 0 Å². The molecule has 0 aliphatic rings. The fraction of sp³-hybridized carbons (Fsp3) is 0.833. The molecule has 0 heterocycles. The molecule has 106 valence electrons. The first kappa shape index (κ1) is 17.2. The molecule has 0 aromatic heterocycles. The number of halogens is 1. The Labute approximate surface area is 117 Å². The van der Waals surface area contributed by atoms with Crippen molar-refractivity contribution in [1.29, 1.82) is 0 Å². The first-order valence-electron chi connectivity index (χ1n) is 5.89. The fourth-order valence-corrected chi connectivity index (χ4v) is 1.32. The zero-order valence-corrected chi connectivity index (χ0v) is 13.2. The molecule has 0 aromatic carbocycles. The second-order valence-electron chi connectivity index (χ2n) is 5.22. The molecule has 1 N–H and O–H groups in total. The van der Waals surface area contributed by atoms with Gasteiger partial charge in [0.05, 0.1) is 0 Å². The van der Waals surface area contributed by atoms with Gasteiger partial charge < -0.3 is 14.8 Å². The highest BCUT2D eigenvalue weighted by atomic mass is 79.9. The van der Waals surface area contributed by atoms with Crippen LogP contribution >= 0.6 is 15.9 Å². The van der Waals surface area contributed by atoms with Crippen LogP contribution < -0.4 is 5.32 Å². The Morgan fingerprint density at radius 1 is 1.28 bits per heavy atom. The Morgan fingerprint density at radius 3 is 2.22 bits per heavy atom. The maximum absolute atomic E-state index is 11.7. The molecule has 0 saturated heterocycles. The maximum atomic E-state index is 11.7. The van der Waals surface area contributed by atoms with Crippen molar-refractivity contribution in [3.8, 4) is 0 Å². The van der Waals surface area contributed by atoms with Crippen molar-refractivity contribution in [3.63, 3.8) is 0 Å². The molecule has 0 rings (SSSR count). The van der Waals surface area contributed by atoms with Crippen LogP contribution in [0.2, 0.25) is 0 Å². The summed E-state index contributed by atoms with van der Waals surface area (Å²) in [5.41, 5.74) is -0.592. The normalized spacial score (nSPS) is 13.1. The molecule has 0 bridgehead atoms. The van der Waals surface area contributed by atoms with Gasteiger partial charge in [-0.25, -0.2) is 9.59 Å². The minimum Gasteiger partial charge on any atom is -0.463 e. The summed E-state index contributed by atoms with van der Waals surface area (Å²) in [7, 11) is 0. The zero-order chi connectivity index (χ0) is 14.3. The summed E-state index contributed by atoms with van der Waals surface area (Å²) in [5.74, 6) is -0.518. The van der Waals surface area contributed by atoms with E-state index >= 15 is 0 Å². The van der Waals surface area contributed by atoms with Crippen LogP contribution in [0.1, 0.15) is 34.6 Å². The number of alkyl halides is 1. The van der Waals surface area contributed by atoms with Crippen molar-refractivity contribution >= 4 is 28.0 Å². The average molecular weight is 324 g/mol. The van der Waals surface area contributed by atoms with Crippen LogP contribution in [0.5, 0.6) is 0 Å². The van der Waals surface area contributed by atoms with E-state index in [0.29, 0.717) is 5.33 Å². The van der Waals surface area contributed by atoms with E-state index in [2.05, 4.69) is 21.2 Å². The van der Waals surface area contributed by atoms with Gasteiger partial charge >= 0.3 is 12.1 Å². The van der Waals surface area contributed by atoms with Gasteiger partial charge in [0, 0.05) is 5.33 Å². The summed E-state index contributed by atoms with van der Waals surface area (Å²) in [6, 6.07) is -0.695. The number of hydrogen-bond acceptors (Lipinski definition) is 4. The van der Waals surface area contributed by atoms with Crippen molar-refractivity contribution in [2.75, 3.05) is 11.9 Å². The van der Waals surface area contributed by atoms with E-state index in [1.54, 1.807) is 20.8 Å². The van der Waals surface area contributed by atoms with Crippen LogP contribution in [0.15, 0.2) is 0 Å². The maximum Gasteiger partial charge on any atom is 0.408 e. The molecule has 0 spiro atoms. The molecular formula is C12H22BrNO4. The molecule has 6 heteroatoms. The monoisotopic (exact) mass is 323 g/mol. The number of carbonyl (C=O) groups excluding carboxylic acids is 2. The molecule has 0 fully saturated rings. The Kier molecular flexibility index (Phi) is 7.28. The number of alkyl carbamates (subject to hydrolysis) is 1. The molecule has 0 radical (unpaired) electrons. The van der Waals surface area contributed by atoms with Gasteiger partial charge in [-0.05, 0) is 26.7 Å². The minimum absolute atomic E-state index is 0.0691. The fourth-order valence-electron chi connectivity index (χ4n) is 1.16. The number of hydrogen-bond donors (Lipinski definition) is 1. The van der Waals surface area contributed by atoms with Crippen molar-refractivity contribution < 1.29 is 19.1 Å². The SMILES string of the molecule is CC(C)C(NC(=O)OC(C)(C)C)C(=O)OCCBr. The Balaban J connectivity index is 4.45. The third kappa shape index (κ3) is 7.53. The van der Waals surface area contributed by atoms with Crippen LogP contribution in [0.25, 0.3) is 0 Å². The lowest BCUT2D eigenvalue weighted by atomic mass is 10.1. The lowest BCUT2D eigenvalue weighted by Gasteiger charge is -2.24. The zero-order valence-electron chi connectivity index (χ0n) is 11.6. The van der Waals surface area contributed by atoms with Crippen LogP contribution in [-0.4, -0.2) is 35.6 Å². The molecule has 0 aromatic rings. The smallest absolute Gasteiger partial charge is 0.408 e. The highest BCUT2D eigenvalue weighted by Gasteiger charge is 2.27. The van der Waals surface area contributed by atoms with Crippen LogP contribution in [0.4, 0.5) is 4.79 Å². The summed E-state index contributed by atoms with van der Waals surface area (Å²) in [6.07, 6.45) is -0.614. The third-order valence-corrected chi connectivity index (χ3v) is 2.24. The van der Waals surface area contributed by atoms with Gasteiger partial charge in [-0.3, -0.25) is 0 Å². The summed E-state index contributed by atoms with van der Waals surface area (Å²) >= 11 is 3.17. The Morgan fingerprint density at radius 2 is 1.83 bits per heavy atom. The standard InChI is InChI=1S/C12H22BrNO4/c1-8(2)9(10(15)17-7-6-13)14-11(16)18-12(3,4)5/h8-9H,6-7H2,1-5H3,(H,14,16). The molecule has 0 aliphatic carbocycles. The van der Waals surface area contributed by atoms with E-state index in [0.717, 1.165) is 0 Å². The van der Waals surface area contributed by atoms with E-state index in [-0.39, 0.29) is 12.5 Å². The van der Waals surface area contributed by atoms with Crippen molar-refractivity contribution in [2.24, 2.45) is 5.92 Å². The van der Waals surface area contributed by atoms with Crippen LogP contribution in [-0.2, 0) is 14.3 Å². The lowest BCUT2D eigenvalue weighted by molar-refractivity contribution is -0.146. The molecule has 0 saturated carbocycles.